The monoisotopic (exact) mass is 463 g/mol. The average Bonchev–Trinajstić information content (AvgIpc) is 2.86. The summed E-state index contributed by atoms with van der Waals surface area (Å²) in [6.07, 6.45) is 0. The molecule has 0 unspecified atom stereocenters. The van der Waals surface area contributed by atoms with E-state index in [1.54, 1.807) is 24.3 Å². The Morgan fingerprint density at radius 1 is 0.676 bits per heavy atom. The number of carbonyl (C=O) groups excluding carboxylic acids is 3. The minimum atomic E-state index is -0.574. The molecule has 0 aliphatic heterocycles. The van der Waals surface area contributed by atoms with Crippen molar-refractivity contribution in [3.8, 4) is 17.2 Å². The van der Waals surface area contributed by atoms with E-state index < -0.39 is 11.8 Å². The Morgan fingerprint density at radius 3 is 1.76 bits per heavy atom. The summed E-state index contributed by atoms with van der Waals surface area (Å²) in [6, 6.07) is 16.5. The Kier molecular flexibility index (Phi) is 7.71. The lowest BCUT2D eigenvalue weighted by Crippen LogP contribution is -2.41. The van der Waals surface area contributed by atoms with Crippen LogP contribution in [0.25, 0.3) is 0 Å². The Hall–Kier alpha value is -4.53. The van der Waals surface area contributed by atoms with Gasteiger partial charge in [0.25, 0.3) is 17.7 Å². The molecule has 0 aliphatic rings. The fourth-order valence-electron chi connectivity index (χ4n) is 3.20. The Morgan fingerprint density at radius 2 is 1.24 bits per heavy atom. The molecule has 0 heterocycles. The third kappa shape index (κ3) is 5.44. The molecule has 9 heteroatoms. The van der Waals surface area contributed by atoms with Crippen molar-refractivity contribution in [3.05, 3.63) is 82.9 Å². The summed E-state index contributed by atoms with van der Waals surface area (Å²) in [5.74, 6) is -0.385. The van der Waals surface area contributed by atoms with Crippen molar-refractivity contribution in [1.29, 1.82) is 0 Å². The predicted octanol–water partition coefficient (Wildman–Crippen LogP) is 3.35. The highest BCUT2D eigenvalue weighted by molar-refractivity contribution is 6.05. The number of rotatable bonds is 7. The first-order valence-electron chi connectivity index (χ1n) is 10.3. The molecule has 3 N–H and O–H groups in total. The Bertz CT molecular complexity index is 1180. The van der Waals surface area contributed by atoms with E-state index >= 15 is 0 Å². The SMILES string of the molecule is COc1cc(C(=O)NNC(=O)c2ccc(NC(=O)c3ccccc3C)cc2)cc(OC)c1OC. The van der Waals surface area contributed by atoms with Gasteiger partial charge in [-0.3, -0.25) is 25.2 Å². The van der Waals surface area contributed by atoms with Crippen LogP contribution in [0.4, 0.5) is 5.69 Å². The van der Waals surface area contributed by atoms with Crippen LogP contribution in [0.15, 0.2) is 60.7 Å². The van der Waals surface area contributed by atoms with Crippen LogP contribution in [0.1, 0.15) is 36.6 Å². The first kappa shape index (κ1) is 24.1. The van der Waals surface area contributed by atoms with E-state index in [4.69, 9.17) is 14.2 Å². The molecule has 3 aromatic carbocycles. The van der Waals surface area contributed by atoms with Crippen LogP contribution >= 0.6 is 0 Å². The summed E-state index contributed by atoms with van der Waals surface area (Å²) in [5, 5.41) is 2.79. The maximum atomic E-state index is 12.5. The number of carbonyl (C=O) groups is 3. The van der Waals surface area contributed by atoms with Crippen LogP contribution in [0, 0.1) is 6.92 Å². The fraction of sp³-hybridized carbons (Fsp3) is 0.160. The average molecular weight is 463 g/mol. The van der Waals surface area contributed by atoms with E-state index in [9.17, 15) is 14.4 Å². The second-order valence-corrected chi connectivity index (χ2v) is 7.17. The smallest absolute Gasteiger partial charge is 0.269 e. The standard InChI is InChI=1S/C25H25N3O6/c1-15-7-5-6-8-19(15)25(31)26-18-11-9-16(10-12-18)23(29)27-28-24(30)17-13-20(32-2)22(34-4)21(14-17)33-3/h5-14H,1-4H3,(H,26,31)(H,27,29)(H,28,30). The number of hydrazine groups is 1. The van der Waals surface area contributed by atoms with Crippen LogP contribution in [0.2, 0.25) is 0 Å². The Labute approximate surface area is 197 Å². The predicted molar refractivity (Wildman–Crippen MR) is 127 cm³/mol. The quantitative estimate of drug-likeness (QED) is 0.463. The summed E-state index contributed by atoms with van der Waals surface area (Å²) in [5.41, 5.74) is 7.16. The van der Waals surface area contributed by atoms with Crippen molar-refractivity contribution in [2.45, 2.75) is 6.92 Å². The highest BCUT2D eigenvalue weighted by Gasteiger charge is 2.18. The molecule has 0 saturated carbocycles. The summed E-state index contributed by atoms with van der Waals surface area (Å²) >= 11 is 0. The molecule has 0 aromatic heterocycles. The number of amides is 3. The van der Waals surface area contributed by atoms with Crippen molar-refractivity contribution in [2.75, 3.05) is 26.6 Å². The van der Waals surface area contributed by atoms with Gasteiger partial charge in [0.15, 0.2) is 11.5 Å². The van der Waals surface area contributed by atoms with Gasteiger partial charge in [-0.2, -0.15) is 0 Å². The van der Waals surface area contributed by atoms with Crippen LogP contribution in [-0.2, 0) is 0 Å². The van der Waals surface area contributed by atoms with E-state index in [1.165, 1.54) is 45.6 Å². The van der Waals surface area contributed by atoms with Crippen molar-refractivity contribution in [1.82, 2.24) is 10.9 Å². The number of hydrogen-bond acceptors (Lipinski definition) is 6. The number of aryl methyl sites for hydroxylation is 1. The van der Waals surface area contributed by atoms with Crippen molar-refractivity contribution in [3.63, 3.8) is 0 Å². The van der Waals surface area contributed by atoms with Gasteiger partial charge >= 0.3 is 0 Å². The lowest BCUT2D eigenvalue weighted by Gasteiger charge is -2.14. The van der Waals surface area contributed by atoms with Crippen LogP contribution < -0.4 is 30.4 Å². The van der Waals surface area contributed by atoms with E-state index in [1.807, 2.05) is 19.1 Å². The van der Waals surface area contributed by atoms with E-state index in [-0.39, 0.29) is 11.5 Å². The van der Waals surface area contributed by atoms with Gasteiger partial charge in [0.05, 0.1) is 21.3 Å². The zero-order chi connectivity index (χ0) is 24.7. The van der Waals surface area contributed by atoms with E-state index in [2.05, 4.69) is 16.2 Å². The molecule has 0 aliphatic carbocycles. The van der Waals surface area contributed by atoms with Gasteiger partial charge in [-0.25, -0.2) is 0 Å². The molecule has 9 nitrogen and oxygen atoms in total. The number of methoxy groups -OCH3 is 3. The van der Waals surface area contributed by atoms with Gasteiger partial charge in [0.2, 0.25) is 5.75 Å². The second-order valence-electron chi connectivity index (χ2n) is 7.17. The largest absolute Gasteiger partial charge is 0.493 e. The van der Waals surface area contributed by atoms with Crippen molar-refractivity contribution in [2.24, 2.45) is 0 Å². The lowest BCUT2D eigenvalue weighted by molar-refractivity contribution is 0.0846. The highest BCUT2D eigenvalue weighted by Crippen LogP contribution is 2.38. The van der Waals surface area contributed by atoms with Crippen LogP contribution in [0.5, 0.6) is 17.2 Å². The molecule has 0 saturated heterocycles. The summed E-state index contributed by atoms with van der Waals surface area (Å²) in [7, 11) is 4.33. The lowest BCUT2D eigenvalue weighted by atomic mass is 10.1. The van der Waals surface area contributed by atoms with Gasteiger partial charge in [0, 0.05) is 22.4 Å². The molecule has 176 valence electrons. The van der Waals surface area contributed by atoms with E-state index in [0.717, 1.165) is 5.56 Å². The minimum absolute atomic E-state index is 0.198. The molecule has 0 bridgehead atoms. The molecule has 3 aromatic rings. The molecule has 3 rings (SSSR count). The third-order valence-corrected chi connectivity index (χ3v) is 5.01. The molecule has 0 radical (unpaired) electrons. The van der Waals surface area contributed by atoms with Gasteiger partial charge in [-0.1, -0.05) is 18.2 Å². The van der Waals surface area contributed by atoms with Gasteiger partial charge in [-0.05, 0) is 55.0 Å². The summed E-state index contributed by atoms with van der Waals surface area (Å²) < 4.78 is 15.7. The summed E-state index contributed by atoms with van der Waals surface area (Å²) in [4.78, 5) is 37.4. The first-order valence-corrected chi connectivity index (χ1v) is 10.3. The normalized spacial score (nSPS) is 10.1. The fourth-order valence-corrected chi connectivity index (χ4v) is 3.20. The molecule has 0 fully saturated rings. The van der Waals surface area contributed by atoms with E-state index in [0.29, 0.717) is 34.1 Å². The highest BCUT2D eigenvalue weighted by atomic mass is 16.5. The number of benzene rings is 3. The molecular weight excluding hydrogens is 438 g/mol. The maximum Gasteiger partial charge on any atom is 0.269 e. The number of hydrogen-bond donors (Lipinski definition) is 3. The molecular formula is C25H25N3O6. The molecule has 0 spiro atoms. The zero-order valence-electron chi connectivity index (χ0n) is 19.2. The first-order chi connectivity index (χ1) is 16.4. The maximum absolute atomic E-state index is 12.5. The number of ether oxygens (including phenoxy) is 3. The zero-order valence-corrected chi connectivity index (χ0v) is 19.2. The minimum Gasteiger partial charge on any atom is -0.493 e. The van der Waals surface area contributed by atoms with Crippen molar-refractivity contribution < 1.29 is 28.6 Å². The van der Waals surface area contributed by atoms with Gasteiger partial charge in [0.1, 0.15) is 0 Å². The molecule has 34 heavy (non-hydrogen) atoms. The van der Waals surface area contributed by atoms with Crippen LogP contribution in [0.3, 0.4) is 0 Å². The van der Waals surface area contributed by atoms with Crippen LogP contribution in [-0.4, -0.2) is 39.1 Å². The Balaban J connectivity index is 1.62. The third-order valence-electron chi connectivity index (χ3n) is 5.01. The topological polar surface area (TPSA) is 115 Å². The van der Waals surface area contributed by atoms with Gasteiger partial charge in [-0.15, -0.1) is 0 Å². The number of nitrogens with one attached hydrogen (secondary N) is 3. The number of anilines is 1. The molecule has 3 amide bonds. The van der Waals surface area contributed by atoms with Gasteiger partial charge < -0.3 is 19.5 Å². The van der Waals surface area contributed by atoms with Crippen molar-refractivity contribution >= 4 is 23.4 Å². The second kappa shape index (κ2) is 10.9. The molecule has 0 atom stereocenters. The summed E-state index contributed by atoms with van der Waals surface area (Å²) in [6.45, 7) is 1.86.